The SMILES string of the molecule is CCCOc1cc2c(cc1OCCC)-c1c(CC)c3ccc(OCCC)c(OCc4ccc(C(C)(C)C)cc4)c3c[n+]1CC2.[Cl-]. The van der Waals surface area contributed by atoms with Gasteiger partial charge in [-0.25, -0.2) is 0 Å². The average Bonchev–Trinajstić information content (AvgIpc) is 3.02. The maximum absolute atomic E-state index is 6.66. The van der Waals surface area contributed by atoms with Crippen LogP contribution < -0.4 is 35.9 Å². The maximum atomic E-state index is 6.66. The Morgan fingerprint density at radius 1 is 0.711 bits per heavy atom. The zero-order valence-corrected chi connectivity index (χ0v) is 29.0. The third kappa shape index (κ3) is 7.52. The van der Waals surface area contributed by atoms with Crippen LogP contribution in [0, 0.1) is 0 Å². The van der Waals surface area contributed by atoms with Gasteiger partial charge in [0.25, 0.3) is 0 Å². The van der Waals surface area contributed by atoms with E-state index in [1.54, 1.807) is 0 Å². The van der Waals surface area contributed by atoms with Crippen molar-refractivity contribution in [3.63, 3.8) is 0 Å². The highest BCUT2D eigenvalue weighted by Gasteiger charge is 2.31. The number of hydrogen-bond acceptors (Lipinski definition) is 4. The molecule has 242 valence electrons. The summed E-state index contributed by atoms with van der Waals surface area (Å²) in [7, 11) is 0. The summed E-state index contributed by atoms with van der Waals surface area (Å²) in [6.45, 7) is 18.7. The quantitative estimate of drug-likeness (QED) is 0.166. The van der Waals surface area contributed by atoms with Gasteiger partial charge in [0.15, 0.2) is 35.7 Å². The Morgan fingerprint density at radius 3 is 1.93 bits per heavy atom. The Balaban J connectivity index is 0.00000461. The predicted molar refractivity (Wildman–Crippen MR) is 179 cm³/mol. The second-order valence-corrected chi connectivity index (χ2v) is 12.8. The molecule has 0 spiro atoms. The molecule has 5 nitrogen and oxygen atoms in total. The van der Waals surface area contributed by atoms with E-state index in [1.807, 2.05) is 0 Å². The minimum absolute atomic E-state index is 0. The van der Waals surface area contributed by atoms with Gasteiger partial charge in [-0.3, -0.25) is 0 Å². The Morgan fingerprint density at radius 2 is 1.33 bits per heavy atom. The Kier molecular flexibility index (Phi) is 11.7. The molecule has 2 heterocycles. The molecule has 0 radical (unpaired) electrons. The molecule has 0 fully saturated rings. The number of aryl methyl sites for hydroxylation is 3. The van der Waals surface area contributed by atoms with Crippen LogP contribution in [0.1, 0.15) is 90.0 Å². The number of aromatic nitrogens is 1. The first-order chi connectivity index (χ1) is 21.3. The summed E-state index contributed by atoms with van der Waals surface area (Å²) in [5.74, 6) is 3.31. The van der Waals surface area contributed by atoms with E-state index in [0.717, 1.165) is 72.6 Å². The van der Waals surface area contributed by atoms with Gasteiger partial charge in [-0.1, -0.05) is 72.7 Å². The van der Waals surface area contributed by atoms with E-state index in [9.17, 15) is 0 Å². The molecule has 3 aromatic carbocycles. The molecule has 5 rings (SSSR count). The van der Waals surface area contributed by atoms with Crippen LogP contribution in [0.25, 0.3) is 22.0 Å². The molecule has 6 heteroatoms. The maximum Gasteiger partial charge on any atom is 0.216 e. The average molecular weight is 632 g/mol. The number of hydrogen-bond donors (Lipinski definition) is 0. The molecule has 1 aromatic heterocycles. The fourth-order valence-electron chi connectivity index (χ4n) is 5.99. The van der Waals surface area contributed by atoms with Crippen molar-refractivity contribution in [2.45, 2.75) is 99.1 Å². The number of nitrogens with zero attached hydrogens (tertiary/aromatic N) is 1. The standard InChI is InChI=1S/C39H50NO4.ClH/c1-8-20-41-34-17-16-31-30(11-4)37-32-24-36(43-22-10-3)35(42-21-9-2)23-28(32)18-19-40(37)25-33(31)38(34)44-26-27-12-14-29(15-13-27)39(5,6)7;/h12-17,23-25H,8-11,18-22,26H2,1-7H3;1H/q+1;/p-1. The summed E-state index contributed by atoms with van der Waals surface area (Å²) in [6, 6.07) is 17.5. The summed E-state index contributed by atoms with van der Waals surface area (Å²) in [4.78, 5) is 0. The van der Waals surface area contributed by atoms with Crippen LogP contribution in [0.2, 0.25) is 0 Å². The lowest BCUT2D eigenvalue weighted by atomic mass is 9.87. The molecule has 0 saturated carbocycles. The first-order valence-electron chi connectivity index (χ1n) is 16.6. The van der Waals surface area contributed by atoms with E-state index in [2.05, 4.69) is 108 Å². The molecule has 0 bridgehead atoms. The zero-order chi connectivity index (χ0) is 31.3. The second kappa shape index (κ2) is 15.2. The summed E-state index contributed by atoms with van der Waals surface area (Å²) < 4.78 is 27.7. The second-order valence-electron chi connectivity index (χ2n) is 12.8. The van der Waals surface area contributed by atoms with Crippen molar-refractivity contribution >= 4 is 10.8 Å². The molecular weight excluding hydrogens is 582 g/mol. The van der Waals surface area contributed by atoms with Crippen LogP contribution in [0.15, 0.2) is 54.7 Å². The highest BCUT2D eigenvalue weighted by Crippen LogP contribution is 2.43. The van der Waals surface area contributed by atoms with Crippen molar-refractivity contribution in [2.24, 2.45) is 0 Å². The van der Waals surface area contributed by atoms with Crippen LogP contribution in [-0.2, 0) is 31.4 Å². The smallest absolute Gasteiger partial charge is 0.216 e. The Hall–Kier alpha value is -3.44. The lowest BCUT2D eigenvalue weighted by Gasteiger charge is -2.23. The summed E-state index contributed by atoms with van der Waals surface area (Å²) in [5.41, 5.74) is 7.71. The minimum atomic E-state index is 0. The normalized spacial score (nSPS) is 12.2. The molecule has 0 N–H and O–H groups in total. The van der Waals surface area contributed by atoms with Crippen molar-refractivity contribution in [2.75, 3.05) is 19.8 Å². The van der Waals surface area contributed by atoms with Crippen molar-refractivity contribution in [1.82, 2.24) is 0 Å². The largest absolute Gasteiger partial charge is 1.00 e. The monoisotopic (exact) mass is 631 g/mol. The number of halogens is 1. The van der Waals surface area contributed by atoms with E-state index >= 15 is 0 Å². The molecule has 45 heavy (non-hydrogen) atoms. The lowest BCUT2D eigenvalue weighted by Crippen LogP contribution is -3.00. The van der Waals surface area contributed by atoms with E-state index in [1.165, 1.54) is 33.3 Å². The Labute approximate surface area is 276 Å². The van der Waals surface area contributed by atoms with Gasteiger partial charge in [0.2, 0.25) is 5.69 Å². The predicted octanol–water partition coefficient (Wildman–Crippen LogP) is 6.16. The molecular formula is C39H50ClNO4. The fourth-order valence-corrected chi connectivity index (χ4v) is 5.99. The molecule has 1 aliphatic rings. The number of ether oxygens (including phenoxy) is 4. The number of pyridine rings is 1. The van der Waals surface area contributed by atoms with Gasteiger partial charge in [-0.05, 0) is 72.1 Å². The Bertz CT molecular complexity index is 1590. The van der Waals surface area contributed by atoms with Crippen molar-refractivity contribution in [3.8, 4) is 34.3 Å². The van der Waals surface area contributed by atoms with Crippen molar-refractivity contribution in [1.29, 1.82) is 0 Å². The highest BCUT2D eigenvalue weighted by atomic mass is 35.5. The van der Waals surface area contributed by atoms with Gasteiger partial charge in [-0.2, -0.15) is 4.57 Å². The van der Waals surface area contributed by atoms with Gasteiger partial charge in [-0.15, -0.1) is 0 Å². The zero-order valence-electron chi connectivity index (χ0n) is 28.2. The van der Waals surface area contributed by atoms with E-state index < -0.39 is 0 Å². The third-order valence-electron chi connectivity index (χ3n) is 8.33. The molecule has 0 saturated heterocycles. The number of benzene rings is 3. The molecule has 1 aliphatic heterocycles. The van der Waals surface area contributed by atoms with Crippen molar-refractivity contribution < 1.29 is 35.9 Å². The first-order valence-corrected chi connectivity index (χ1v) is 16.6. The lowest BCUT2D eigenvalue weighted by molar-refractivity contribution is -0.686. The number of fused-ring (bicyclic) bond motifs is 4. The third-order valence-corrected chi connectivity index (χ3v) is 8.33. The summed E-state index contributed by atoms with van der Waals surface area (Å²) in [6.07, 6.45) is 6.96. The van der Waals surface area contributed by atoms with E-state index in [-0.39, 0.29) is 17.8 Å². The van der Waals surface area contributed by atoms with Crippen LogP contribution in [-0.4, -0.2) is 19.8 Å². The van der Waals surface area contributed by atoms with Gasteiger partial charge >= 0.3 is 0 Å². The highest BCUT2D eigenvalue weighted by molar-refractivity contribution is 5.95. The molecule has 0 unspecified atom stereocenters. The molecule has 0 atom stereocenters. The van der Waals surface area contributed by atoms with Gasteiger partial charge < -0.3 is 31.4 Å². The minimum Gasteiger partial charge on any atom is -1.00 e. The summed E-state index contributed by atoms with van der Waals surface area (Å²) >= 11 is 0. The van der Waals surface area contributed by atoms with Crippen molar-refractivity contribution in [3.05, 3.63) is 77.0 Å². The van der Waals surface area contributed by atoms with Gasteiger partial charge in [0, 0.05) is 17.4 Å². The topological polar surface area (TPSA) is 40.8 Å². The first kappa shape index (κ1) is 34.4. The molecule has 0 amide bonds. The van der Waals surface area contributed by atoms with E-state index in [4.69, 9.17) is 18.9 Å². The van der Waals surface area contributed by atoms with Gasteiger partial charge in [0.05, 0.1) is 30.8 Å². The van der Waals surface area contributed by atoms with Crippen LogP contribution in [0.3, 0.4) is 0 Å². The number of rotatable bonds is 13. The van der Waals surface area contributed by atoms with Crippen LogP contribution >= 0.6 is 0 Å². The molecule has 0 aliphatic carbocycles. The fraction of sp³-hybridized carbons (Fsp3) is 0.462. The van der Waals surface area contributed by atoms with Crippen LogP contribution in [0.5, 0.6) is 23.0 Å². The van der Waals surface area contributed by atoms with Crippen LogP contribution in [0.4, 0.5) is 0 Å². The molecule has 4 aromatic rings. The van der Waals surface area contributed by atoms with E-state index in [0.29, 0.717) is 26.4 Å². The van der Waals surface area contributed by atoms with Gasteiger partial charge in [0.1, 0.15) is 6.61 Å². The summed E-state index contributed by atoms with van der Waals surface area (Å²) in [5, 5.41) is 2.30.